The molecule has 1 aliphatic heterocycles. The van der Waals surface area contributed by atoms with Crippen LogP contribution in [0.4, 0.5) is 0 Å². The fourth-order valence-electron chi connectivity index (χ4n) is 3.82. The largest absolute Gasteiger partial charge is 0.339 e. The normalized spacial score (nSPS) is 20.1. The predicted octanol–water partition coefficient (Wildman–Crippen LogP) is 2.45. The van der Waals surface area contributed by atoms with Crippen LogP contribution in [0.2, 0.25) is 0 Å². The molecule has 25 heavy (non-hydrogen) atoms. The van der Waals surface area contributed by atoms with Crippen molar-refractivity contribution >= 4 is 31.7 Å². The Morgan fingerprint density at radius 2 is 1.80 bits per heavy atom. The van der Waals surface area contributed by atoms with Crippen LogP contribution in [0.25, 0.3) is 0 Å². The third-order valence-electron chi connectivity index (χ3n) is 5.13. The van der Waals surface area contributed by atoms with Crippen LogP contribution in [-0.2, 0) is 20.4 Å². The summed E-state index contributed by atoms with van der Waals surface area (Å²) in [4.78, 5) is 16.6. The molecule has 138 valence electrons. The van der Waals surface area contributed by atoms with Crippen LogP contribution in [0.5, 0.6) is 0 Å². The molecule has 1 saturated heterocycles. The molecule has 1 aromatic carbocycles. The highest BCUT2D eigenvalue weighted by Crippen LogP contribution is 2.24. The Hall–Kier alpha value is -0.920. The number of nitrogens with zero attached hydrogens (tertiary/aromatic N) is 2. The van der Waals surface area contributed by atoms with Gasteiger partial charge in [-0.25, -0.2) is 8.42 Å². The molecule has 0 N–H and O–H groups in total. The molecule has 1 heterocycles. The SMILES string of the molecule is O=C(CS(=O)(=O)Cc1cccc(Br)c1)N1CCN(C2CCCC2)CC1. The molecule has 2 fully saturated rings. The van der Waals surface area contributed by atoms with E-state index in [0.717, 1.165) is 17.6 Å². The second-order valence-corrected chi connectivity index (χ2v) is 10.00. The van der Waals surface area contributed by atoms with Crippen LogP contribution in [0, 0.1) is 0 Å². The van der Waals surface area contributed by atoms with Gasteiger partial charge in [0, 0.05) is 36.7 Å². The number of hydrogen-bond acceptors (Lipinski definition) is 4. The lowest BCUT2D eigenvalue weighted by atomic mass is 10.2. The van der Waals surface area contributed by atoms with E-state index in [2.05, 4.69) is 20.8 Å². The molecule has 1 saturated carbocycles. The van der Waals surface area contributed by atoms with Crippen molar-refractivity contribution in [1.82, 2.24) is 9.80 Å². The minimum atomic E-state index is -3.45. The van der Waals surface area contributed by atoms with E-state index in [1.165, 1.54) is 25.7 Å². The van der Waals surface area contributed by atoms with Crippen molar-refractivity contribution < 1.29 is 13.2 Å². The number of carbonyl (C=O) groups excluding carboxylic acids is 1. The van der Waals surface area contributed by atoms with Crippen LogP contribution >= 0.6 is 15.9 Å². The average molecular weight is 429 g/mol. The summed E-state index contributed by atoms with van der Waals surface area (Å²) < 4.78 is 25.6. The highest BCUT2D eigenvalue weighted by atomic mass is 79.9. The van der Waals surface area contributed by atoms with Gasteiger partial charge in [-0.2, -0.15) is 0 Å². The van der Waals surface area contributed by atoms with Gasteiger partial charge >= 0.3 is 0 Å². The fraction of sp³-hybridized carbons (Fsp3) is 0.611. The number of sulfone groups is 1. The van der Waals surface area contributed by atoms with Crippen molar-refractivity contribution in [2.24, 2.45) is 0 Å². The Morgan fingerprint density at radius 3 is 2.44 bits per heavy atom. The summed E-state index contributed by atoms with van der Waals surface area (Å²) in [6.45, 7) is 3.01. The maximum atomic E-state index is 12.4. The zero-order chi connectivity index (χ0) is 17.9. The molecule has 0 unspecified atom stereocenters. The smallest absolute Gasteiger partial charge is 0.237 e. The van der Waals surface area contributed by atoms with Crippen LogP contribution < -0.4 is 0 Å². The van der Waals surface area contributed by atoms with E-state index in [9.17, 15) is 13.2 Å². The Morgan fingerprint density at radius 1 is 1.12 bits per heavy atom. The van der Waals surface area contributed by atoms with Crippen molar-refractivity contribution in [2.75, 3.05) is 31.9 Å². The topological polar surface area (TPSA) is 57.7 Å². The molecule has 0 bridgehead atoms. The molecule has 1 aliphatic carbocycles. The number of benzene rings is 1. The summed E-state index contributed by atoms with van der Waals surface area (Å²) >= 11 is 3.34. The second kappa shape index (κ2) is 8.18. The van der Waals surface area contributed by atoms with Crippen LogP contribution in [0.1, 0.15) is 31.2 Å². The first-order chi connectivity index (χ1) is 11.9. The zero-order valence-electron chi connectivity index (χ0n) is 14.4. The van der Waals surface area contributed by atoms with Crippen LogP contribution in [0.15, 0.2) is 28.7 Å². The van der Waals surface area contributed by atoms with Crippen LogP contribution in [0.3, 0.4) is 0 Å². The summed E-state index contributed by atoms with van der Waals surface area (Å²) in [5.74, 6) is -0.760. The zero-order valence-corrected chi connectivity index (χ0v) is 16.8. The van der Waals surface area contributed by atoms with Gasteiger partial charge in [-0.05, 0) is 30.5 Å². The third-order valence-corrected chi connectivity index (χ3v) is 7.08. The quantitative estimate of drug-likeness (QED) is 0.722. The maximum absolute atomic E-state index is 12.4. The minimum Gasteiger partial charge on any atom is -0.339 e. The maximum Gasteiger partial charge on any atom is 0.237 e. The minimum absolute atomic E-state index is 0.0970. The standard InChI is InChI=1S/C18H25BrN2O3S/c19-16-5-3-4-15(12-16)13-25(23,24)14-18(22)21-10-8-20(9-11-21)17-6-1-2-7-17/h3-5,12,17H,1-2,6-11,13-14H2. The van der Waals surface area contributed by atoms with Gasteiger partial charge in [0.2, 0.25) is 5.91 Å². The summed E-state index contributed by atoms with van der Waals surface area (Å²) in [6.07, 6.45) is 5.12. The Bertz CT molecular complexity index is 709. The van der Waals surface area contributed by atoms with E-state index in [1.54, 1.807) is 23.1 Å². The van der Waals surface area contributed by atoms with Crippen molar-refractivity contribution in [2.45, 2.75) is 37.5 Å². The number of hydrogen-bond donors (Lipinski definition) is 0. The lowest BCUT2D eigenvalue weighted by Gasteiger charge is -2.38. The van der Waals surface area contributed by atoms with E-state index in [4.69, 9.17) is 0 Å². The number of halogens is 1. The Labute approximate surface area is 158 Å². The fourth-order valence-corrected chi connectivity index (χ4v) is 5.61. The molecule has 0 aromatic heterocycles. The van der Waals surface area contributed by atoms with Crippen LogP contribution in [-0.4, -0.2) is 62.1 Å². The lowest BCUT2D eigenvalue weighted by molar-refractivity contribution is -0.130. The molecule has 0 atom stereocenters. The second-order valence-electron chi connectivity index (χ2n) is 7.02. The van der Waals surface area contributed by atoms with E-state index in [1.807, 2.05) is 6.07 Å². The van der Waals surface area contributed by atoms with Gasteiger partial charge in [0.05, 0.1) is 5.75 Å². The molecule has 0 spiro atoms. The van der Waals surface area contributed by atoms with Crippen molar-refractivity contribution in [3.63, 3.8) is 0 Å². The first-order valence-corrected chi connectivity index (χ1v) is 11.5. The average Bonchev–Trinajstić information content (AvgIpc) is 3.08. The Kier molecular flexibility index (Phi) is 6.17. The molecule has 5 nitrogen and oxygen atoms in total. The van der Waals surface area contributed by atoms with E-state index < -0.39 is 15.6 Å². The number of amides is 1. The van der Waals surface area contributed by atoms with E-state index in [-0.39, 0.29) is 11.7 Å². The predicted molar refractivity (Wildman–Crippen MR) is 102 cm³/mol. The van der Waals surface area contributed by atoms with Gasteiger partial charge < -0.3 is 4.90 Å². The number of rotatable bonds is 5. The molecule has 3 rings (SSSR count). The lowest BCUT2D eigenvalue weighted by Crippen LogP contribution is -2.52. The third kappa shape index (κ3) is 5.28. The molecule has 2 aliphatic rings. The van der Waals surface area contributed by atoms with Gasteiger partial charge in [-0.3, -0.25) is 9.69 Å². The van der Waals surface area contributed by atoms with Gasteiger partial charge in [-0.1, -0.05) is 40.9 Å². The molecular formula is C18H25BrN2O3S. The monoisotopic (exact) mass is 428 g/mol. The van der Waals surface area contributed by atoms with E-state index in [0.29, 0.717) is 24.7 Å². The van der Waals surface area contributed by atoms with Gasteiger partial charge in [0.15, 0.2) is 9.84 Å². The molecule has 1 aromatic rings. The summed E-state index contributed by atoms with van der Waals surface area (Å²) in [5, 5.41) is 0. The first kappa shape index (κ1) is 18.9. The van der Waals surface area contributed by atoms with Crippen molar-refractivity contribution in [1.29, 1.82) is 0 Å². The van der Waals surface area contributed by atoms with Crippen molar-refractivity contribution in [3.05, 3.63) is 34.3 Å². The molecule has 0 radical (unpaired) electrons. The number of carbonyl (C=O) groups is 1. The highest BCUT2D eigenvalue weighted by molar-refractivity contribution is 9.10. The molecular weight excluding hydrogens is 404 g/mol. The summed E-state index contributed by atoms with van der Waals surface area (Å²) in [6, 6.07) is 7.87. The van der Waals surface area contributed by atoms with Gasteiger partial charge in [-0.15, -0.1) is 0 Å². The number of piperazine rings is 1. The molecule has 7 heteroatoms. The first-order valence-electron chi connectivity index (χ1n) is 8.90. The Balaban J connectivity index is 1.51. The van der Waals surface area contributed by atoms with Gasteiger partial charge in [0.25, 0.3) is 0 Å². The van der Waals surface area contributed by atoms with Gasteiger partial charge in [0.1, 0.15) is 5.75 Å². The summed E-state index contributed by atoms with van der Waals surface area (Å²) in [5.41, 5.74) is 0.702. The molecule has 1 amide bonds. The highest BCUT2D eigenvalue weighted by Gasteiger charge is 2.29. The van der Waals surface area contributed by atoms with Crippen molar-refractivity contribution in [3.8, 4) is 0 Å². The summed E-state index contributed by atoms with van der Waals surface area (Å²) in [7, 11) is -3.45. The van der Waals surface area contributed by atoms with E-state index >= 15 is 0 Å².